The van der Waals surface area contributed by atoms with Crippen LogP contribution in [-0.4, -0.2) is 24.7 Å². The van der Waals surface area contributed by atoms with Crippen LogP contribution in [0.15, 0.2) is 60.7 Å². The molecule has 0 aliphatic carbocycles. The van der Waals surface area contributed by atoms with E-state index < -0.39 is 11.0 Å². The Kier molecular flexibility index (Phi) is 6.90. The maximum Gasteiger partial charge on any atom is 0.314 e. The molecule has 0 heterocycles. The third-order valence-electron chi connectivity index (χ3n) is 4.40. The maximum absolute atomic E-state index is 13.0. The minimum atomic E-state index is -0.806. The first kappa shape index (κ1) is 21.5. The monoisotopic (exact) mass is 381 g/mol. The molecule has 2 rings (SSSR count). The molecule has 0 radical (unpaired) electrons. The minimum absolute atomic E-state index is 0.259. The molecule has 0 aromatic heterocycles. The van der Waals surface area contributed by atoms with E-state index in [9.17, 15) is 4.79 Å². The molecule has 0 amide bonds. The van der Waals surface area contributed by atoms with Gasteiger partial charge in [-0.25, -0.2) is 0 Å². The van der Waals surface area contributed by atoms with E-state index in [0.29, 0.717) is 0 Å². The number of carbonyl (C=O) groups excluding carboxylic acids is 1. The molecule has 1 unspecified atom stereocenters. The molecule has 4 heteroatoms. The number of hydrogen-bond donors (Lipinski definition) is 1. The molecule has 28 heavy (non-hydrogen) atoms. The van der Waals surface area contributed by atoms with Crippen molar-refractivity contribution >= 4 is 17.7 Å². The number of methoxy groups -OCH3 is 1. The second kappa shape index (κ2) is 8.96. The zero-order chi connectivity index (χ0) is 20.8. The van der Waals surface area contributed by atoms with Crippen molar-refractivity contribution in [1.82, 2.24) is 0 Å². The third-order valence-corrected chi connectivity index (χ3v) is 4.40. The average molecular weight is 382 g/mol. The van der Waals surface area contributed by atoms with Gasteiger partial charge in [0.1, 0.15) is 11.4 Å². The summed E-state index contributed by atoms with van der Waals surface area (Å²) < 4.78 is 11.1. The molecule has 0 fully saturated rings. The highest BCUT2D eigenvalue weighted by atomic mass is 16.6. The maximum atomic E-state index is 13.0. The number of hydrogen-bond acceptors (Lipinski definition) is 4. The van der Waals surface area contributed by atoms with Crippen LogP contribution in [-0.2, 0) is 9.53 Å². The van der Waals surface area contributed by atoms with Crippen LogP contribution in [0.1, 0.15) is 40.2 Å². The van der Waals surface area contributed by atoms with Crippen LogP contribution >= 0.6 is 0 Å². The van der Waals surface area contributed by atoms with Gasteiger partial charge in [-0.2, -0.15) is 0 Å². The summed E-state index contributed by atoms with van der Waals surface area (Å²) in [5.41, 5.74) is 0.532. The van der Waals surface area contributed by atoms with Gasteiger partial charge in [0, 0.05) is 0 Å². The molecule has 2 aromatic rings. The molecule has 2 aromatic carbocycles. The fourth-order valence-electron chi connectivity index (χ4n) is 2.71. The van der Waals surface area contributed by atoms with E-state index in [0.717, 1.165) is 17.0 Å². The first-order valence-electron chi connectivity index (χ1n) is 9.50. The van der Waals surface area contributed by atoms with Gasteiger partial charge in [0.15, 0.2) is 0 Å². The summed E-state index contributed by atoms with van der Waals surface area (Å²) >= 11 is 0. The van der Waals surface area contributed by atoms with Crippen LogP contribution in [0.2, 0.25) is 0 Å². The average Bonchev–Trinajstić information content (AvgIpc) is 2.64. The summed E-state index contributed by atoms with van der Waals surface area (Å²) in [6, 6.07) is 17.4. The fraction of sp³-hybridized carbons (Fsp3) is 0.375. The number of ether oxygens (including phenoxy) is 2. The van der Waals surface area contributed by atoms with Gasteiger partial charge in [-0.15, -0.1) is 0 Å². The largest absolute Gasteiger partial charge is 0.495 e. The SMILES string of the molecule is COc1ccccc1NC(/C=C/c1ccccc1)C(C)(C)C(=O)OC(C)(C)C. The van der Waals surface area contributed by atoms with Gasteiger partial charge in [-0.3, -0.25) is 4.79 Å². The highest BCUT2D eigenvalue weighted by molar-refractivity contribution is 5.79. The van der Waals surface area contributed by atoms with Crippen LogP contribution in [0.5, 0.6) is 5.75 Å². The van der Waals surface area contributed by atoms with E-state index in [1.165, 1.54) is 0 Å². The number of esters is 1. The number of carbonyl (C=O) groups is 1. The predicted molar refractivity (Wildman–Crippen MR) is 116 cm³/mol. The minimum Gasteiger partial charge on any atom is -0.495 e. The second-order valence-electron chi connectivity index (χ2n) is 8.32. The van der Waals surface area contributed by atoms with Gasteiger partial charge in [0.2, 0.25) is 0 Å². The number of para-hydroxylation sites is 2. The van der Waals surface area contributed by atoms with Crippen molar-refractivity contribution in [3.8, 4) is 5.75 Å². The number of rotatable bonds is 7. The highest BCUT2D eigenvalue weighted by Crippen LogP contribution is 2.32. The molecule has 1 N–H and O–H groups in total. The first-order chi connectivity index (χ1) is 13.1. The number of nitrogens with one attached hydrogen (secondary N) is 1. The zero-order valence-corrected chi connectivity index (χ0v) is 17.7. The van der Waals surface area contributed by atoms with Crippen molar-refractivity contribution in [2.75, 3.05) is 12.4 Å². The van der Waals surface area contributed by atoms with E-state index in [4.69, 9.17) is 9.47 Å². The Morgan fingerprint density at radius 3 is 2.18 bits per heavy atom. The Labute approximate surface area is 168 Å². The van der Waals surface area contributed by atoms with Crippen LogP contribution in [0.25, 0.3) is 6.08 Å². The normalized spacial score (nSPS) is 13.2. The van der Waals surface area contributed by atoms with Crippen molar-refractivity contribution in [1.29, 1.82) is 0 Å². The Morgan fingerprint density at radius 2 is 1.57 bits per heavy atom. The van der Waals surface area contributed by atoms with Crippen molar-refractivity contribution < 1.29 is 14.3 Å². The van der Waals surface area contributed by atoms with Gasteiger partial charge in [-0.1, -0.05) is 54.6 Å². The Balaban J connectivity index is 2.37. The third kappa shape index (κ3) is 5.88. The molecule has 0 saturated heterocycles. The van der Waals surface area contributed by atoms with E-state index in [2.05, 4.69) is 5.32 Å². The van der Waals surface area contributed by atoms with E-state index >= 15 is 0 Å². The number of anilines is 1. The molecular weight excluding hydrogens is 350 g/mol. The molecule has 4 nitrogen and oxygen atoms in total. The molecule has 1 atom stereocenters. The van der Waals surface area contributed by atoms with Gasteiger partial charge >= 0.3 is 5.97 Å². The van der Waals surface area contributed by atoms with Gasteiger partial charge in [0.05, 0.1) is 24.3 Å². The van der Waals surface area contributed by atoms with Crippen molar-refractivity contribution in [2.24, 2.45) is 5.41 Å². The number of benzene rings is 2. The lowest BCUT2D eigenvalue weighted by Gasteiger charge is -2.34. The smallest absolute Gasteiger partial charge is 0.314 e. The van der Waals surface area contributed by atoms with Crippen molar-refractivity contribution in [3.63, 3.8) is 0 Å². The summed E-state index contributed by atoms with van der Waals surface area (Å²) in [5, 5.41) is 3.46. The lowest BCUT2D eigenvalue weighted by molar-refractivity contribution is -0.165. The second-order valence-corrected chi connectivity index (χ2v) is 8.32. The Bertz CT molecular complexity index is 804. The molecule has 150 valence electrons. The zero-order valence-electron chi connectivity index (χ0n) is 17.7. The quantitative estimate of drug-likeness (QED) is 0.638. The van der Waals surface area contributed by atoms with Gasteiger partial charge < -0.3 is 14.8 Å². The summed E-state index contributed by atoms with van der Waals surface area (Å²) in [5.74, 6) is 0.464. The van der Waals surface area contributed by atoms with Gasteiger partial charge in [0.25, 0.3) is 0 Å². The van der Waals surface area contributed by atoms with Crippen LogP contribution < -0.4 is 10.1 Å². The highest BCUT2D eigenvalue weighted by Gasteiger charge is 2.39. The van der Waals surface area contributed by atoms with Crippen molar-refractivity contribution in [3.05, 3.63) is 66.2 Å². The Morgan fingerprint density at radius 1 is 0.964 bits per heavy atom. The molecular formula is C24H31NO3. The van der Waals surface area contributed by atoms with E-state index in [1.54, 1.807) is 7.11 Å². The predicted octanol–water partition coefficient (Wildman–Crippen LogP) is 5.56. The summed E-state index contributed by atoms with van der Waals surface area (Å²) in [6.07, 6.45) is 4.02. The van der Waals surface area contributed by atoms with E-state index in [-0.39, 0.29) is 12.0 Å². The van der Waals surface area contributed by atoms with E-state index in [1.807, 2.05) is 101 Å². The van der Waals surface area contributed by atoms with Crippen molar-refractivity contribution in [2.45, 2.75) is 46.3 Å². The first-order valence-corrected chi connectivity index (χ1v) is 9.50. The van der Waals surface area contributed by atoms with Crippen LogP contribution in [0, 0.1) is 5.41 Å². The summed E-state index contributed by atoms with van der Waals surface area (Å²) in [6.45, 7) is 9.42. The summed E-state index contributed by atoms with van der Waals surface area (Å²) in [7, 11) is 1.63. The van der Waals surface area contributed by atoms with Crippen LogP contribution in [0.3, 0.4) is 0 Å². The molecule has 0 spiro atoms. The summed E-state index contributed by atoms with van der Waals surface area (Å²) in [4.78, 5) is 13.0. The lowest BCUT2D eigenvalue weighted by atomic mass is 9.83. The molecule has 0 saturated carbocycles. The fourth-order valence-corrected chi connectivity index (χ4v) is 2.71. The lowest BCUT2D eigenvalue weighted by Crippen LogP contribution is -2.44. The Hall–Kier alpha value is -2.75. The topological polar surface area (TPSA) is 47.6 Å². The van der Waals surface area contributed by atoms with Crippen LogP contribution in [0.4, 0.5) is 5.69 Å². The molecule has 0 bridgehead atoms. The molecule has 0 aliphatic heterocycles. The molecule has 0 aliphatic rings. The standard InChI is InChI=1S/C24H31NO3/c1-23(2,3)28-22(26)24(4,5)21(17-16-18-12-8-7-9-13-18)25-19-14-10-11-15-20(19)27-6/h7-17,21,25H,1-6H3/b17-16+. The van der Waals surface area contributed by atoms with Gasteiger partial charge in [-0.05, 0) is 52.3 Å².